The van der Waals surface area contributed by atoms with Crippen molar-refractivity contribution in [3.63, 3.8) is 0 Å². The predicted molar refractivity (Wildman–Crippen MR) is 85.4 cm³/mol. The van der Waals surface area contributed by atoms with Crippen molar-refractivity contribution < 1.29 is 9.53 Å². The van der Waals surface area contributed by atoms with Gasteiger partial charge in [0.15, 0.2) is 0 Å². The van der Waals surface area contributed by atoms with Crippen LogP contribution in [0, 0.1) is 11.3 Å². The van der Waals surface area contributed by atoms with Crippen molar-refractivity contribution in [2.45, 2.75) is 32.8 Å². The second-order valence-corrected chi connectivity index (χ2v) is 6.21. The number of esters is 1. The van der Waals surface area contributed by atoms with Crippen LogP contribution in [0.1, 0.15) is 47.8 Å². The minimum absolute atomic E-state index is 0.109. The van der Waals surface area contributed by atoms with Gasteiger partial charge in [0.05, 0.1) is 17.2 Å². The number of hydrogen-bond donors (Lipinski definition) is 0. The summed E-state index contributed by atoms with van der Waals surface area (Å²) in [6, 6.07) is 16.5. The first-order valence-corrected chi connectivity index (χ1v) is 7.17. The first kappa shape index (κ1) is 15.8. The fourth-order valence-electron chi connectivity index (χ4n) is 2.01. The van der Waals surface area contributed by atoms with Crippen molar-refractivity contribution >= 4 is 5.97 Å². The smallest absolute Gasteiger partial charge is 0.338 e. The summed E-state index contributed by atoms with van der Waals surface area (Å²) in [5.41, 5.74) is 3.28. The monoisotopic (exact) mass is 293 g/mol. The van der Waals surface area contributed by atoms with Gasteiger partial charge in [0.1, 0.15) is 6.61 Å². The molecule has 0 N–H and O–H groups in total. The van der Waals surface area contributed by atoms with E-state index in [4.69, 9.17) is 10.00 Å². The van der Waals surface area contributed by atoms with Crippen LogP contribution in [0.5, 0.6) is 0 Å². The highest BCUT2D eigenvalue weighted by Gasteiger charge is 2.13. The second kappa shape index (κ2) is 6.44. The van der Waals surface area contributed by atoms with Crippen LogP contribution in [0.15, 0.2) is 48.5 Å². The Labute approximate surface area is 131 Å². The second-order valence-electron chi connectivity index (χ2n) is 6.21. The minimum Gasteiger partial charge on any atom is -0.457 e. The van der Waals surface area contributed by atoms with Gasteiger partial charge in [-0.2, -0.15) is 5.26 Å². The Bertz CT molecular complexity index is 686. The SMILES string of the molecule is CC(C)(C)c1ccc(COC(=O)c2ccc(C#N)cc2)cc1. The van der Waals surface area contributed by atoms with Crippen molar-refractivity contribution in [1.82, 2.24) is 0 Å². The Balaban J connectivity index is 1.97. The number of rotatable bonds is 3. The van der Waals surface area contributed by atoms with Crippen LogP contribution in [0.25, 0.3) is 0 Å². The largest absolute Gasteiger partial charge is 0.457 e. The van der Waals surface area contributed by atoms with Crippen LogP contribution in [0.2, 0.25) is 0 Å². The number of hydrogen-bond acceptors (Lipinski definition) is 3. The van der Waals surface area contributed by atoms with E-state index in [1.54, 1.807) is 24.3 Å². The van der Waals surface area contributed by atoms with Crippen molar-refractivity contribution in [2.75, 3.05) is 0 Å². The third-order valence-corrected chi connectivity index (χ3v) is 3.44. The van der Waals surface area contributed by atoms with Gasteiger partial charge >= 0.3 is 5.97 Å². The molecule has 0 unspecified atom stereocenters. The van der Waals surface area contributed by atoms with Crippen LogP contribution in [0.3, 0.4) is 0 Å². The lowest BCUT2D eigenvalue weighted by Crippen LogP contribution is -2.11. The quantitative estimate of drug-likeness (QED) is 0.796. The van der Waals surface area contributed by atoms with Gasteiger partial charge in [-0.3, -0.25) is 0 Å². The molecule has 2 rings (SSSR count). The predicted octanol–water partition coefficient (Wildman–Crippen LogP) is 4.21. The Morgan fingerprint density at radius 1 is 1.05 bits per heavy atom. The maximum Gasteiger partial charge on any atom is 0.338 e. The molecule has 22 heavy (non-hydrogen) atoms. The van der Waals surface area contributed by atoms with Gasteiger partial charge in [0.2, 0.25) is 0 Å². The van der Waals surface area contributed by atoms with Crippen LogP contribution < -0.4 is 0 Å². The molecule has 0 aliphatic carbocycles. The molecule has 0 saturated heterocycles. The first-order valence-electron chi connectivity index (χ1n) is 7.17. The molecule has 0 amide bonds. The number of nitriles is 1. The molecule has 0 atom stereocenters. The maximum absolute atomic E-state index is 11.9. The molecular formula is C19H19NO2. The van der Waals surface area contributed by atoms with Gasteiger partial charge in [-0.1, -0.05) is 45.0 Å². The molecule has 0 bridgehead atoms. The molecule has 0 heterocycles. The zero-order chi connectivity index (χ0) is 16.2. The third kappa shape index (κ3) is 3.95. The van der Waals surface area contributed by atoms with E-state index in [1.165, 1.54) is 5.56 Å². The Hall–Kier alpha value is -2.60. The maximum atomic E-state index is 11.9. The first-order chi connectivity index (χ1) is 10.4. The Kier molecular flexibility index (Phi) is 4.62. The summed E-state index contributed by atoms with van der Waals surface area (Å²) >= 11 is 0. The van der Waals surface area contributed by atoms with E-state index in [1.807, 2.05) is 18.2 Å². The van der Waals surface area contributed by atoms with Gasteiger partial charge < -0.3 is 4.74 Å². The Morgan fingerprint density at radius 3 is 2.14 bits per heavy atom. The zero-order valence-corrected chi connectivity index (χ0v) is 13.1. The van der Waals surface area contributed by atoms with Gasteiger partial charge in [-0.15, -0.1) is 0 Å². The van der Waals surface area contributed by atoms with Gasteiger partial charge in [-0.25, -0.2) is 4.79 Å². The van der Waals surface area contributed by atoms with E-state index in [0.29, 0.717) is 11.1 Å². The summed E-state index contributed by atoms with van der Waals surface area (Å²) in [6.45, 7) is 6.72. The normalized spacial score (nSPS) is 10.8. The van der Waals surface area contributed by atoms with E-state index in [-0.39, 0.29) is 18.0 Å². The molecule has 0 aliphatic rings. The molecule has 0 radical (unpaired) electrons. The Morgan fingerprint density at radius 2 is 1.64 bits per heavy atom. The fraction of sp³-hybridized carbons (Fsp3) is 0.263. The topological polar surface area (TPSA) is 50.1 Å². The van der Waals surface area contributed by atoms with Gasteiger partial charge in [-0.05, 0) is 40.8 Å². The average molecular weight is 293 g/mol. The molecule has 0 spiro atoms. The van der Waals surface area contributed by atoms with Crippen LogP contribution in [-0.4, -0.2) is 5.97 Å². The summed E-state index contributed by atoms with van der Waals surface area (Å²) in [6.07, 6.45) is 0. The lowest BCUT2D eigenvalue weighted by atomic mass is 9.87. The number of benzene rings is 2. The minimum atomic E-state index is -0.385. The van der Waals surface area contributed by atoms with Crippen LogP contribution >= 0.6 is 0 Å². The van der Waals surface area contributed by atoms with Crippen LogP contribution in [0.4, 0.5) is 0 Å². The molecule has 2 aromatic carbocycles. The molecule has 0 fully saturated rings. The van der Waals surface area contributed by atoms with E-state index in [0.717, 1.165) is 5.56 Å². The summed E-state index contributed by atoms with van der Waals surface area (Å²) < 4.78 is 5.29. The lowest BCUT2D eigenvalue weighted by Gasteiger charge is -2.19. The highest BCUT2D eigenvalue weighted by atomic mass is 16.5. The van der Waals surface area contributed by atoms with Crippen molar-refractivity contribution in [2.24, 2.45) is 0 Å². The van der Waals surface area contributed by atoms with Crippen molar-refractivity contribution in [3.8, 4) is 6.07 Å². The third-order valence-electron chi connectivity index (χ3n) is 3.44. The fourth-order valence-corrected chi connectivity index (χ4v) is 2.01. The number of nitrogens with zero attached hydrogens (tertiary/aromatic N) is 1. The molecule has 112 valence electrons. The molecule has 0 aliphatic heterocycles. The van der Waals surface area contributed by atoms with E-state index >= 15 is 0 Å². The molecule has 0 aromatic heterocycles. The average Bonchev–Trinajstić information content (AvgIpc) is 2.52. The van der Waals surface area contributed by atoms with E-state index in [2.05, 4.69) is 32.9 Å². The zero-order valence-electron chi connectivity index (χ0n) is 13.1. The highest BCUT2D eigenvalue weighted by molar-refractivity contribution is 5.89. The number of carbonyl (C=O) groups excluding carboxylic acids is 1. The summed E-state index contributed by atoms with van der Waals surface area (Å²) in [7, 11) is 0. The molecule has 3 nitrogen and oxygen atoms in total. The molecule has 0 saturated carbocycles. The number of carbonyl (C=O) groups is 1. The summed E-state index contributed by atoms with van der Waals surface area (Å²) in [5.74, 6) is -0.385. The molecule has 2 aromatic rings. The lowest BCUT2D eigenvalue weighted by molar-refractivity contribution is 0.0472. The van der Waals surface area contributed by atoms with Crippen LogP contribution in [-0.2, 0) is 16.8 Å². The summed E-state index contributed by atoms with van der Waals surface area (Å²) in [5, 5.41) is 8.73. The standard InChI is InChI=1S/C19H19NO2/c1-19(2,3)17-10-6-15(7-11-17)13-22-18(21)16-8-4-14(12-20)5-9-16/h4-11H,13H2,1-3H3. The molecule has 3 heteroatoms. The molecular weight excluding hydrogens is 274 g/mol. The van der Waals surface area contributed by atoms with E-state index in [9.17, 15) is 4.79 Å². The number of ether oxygens (including phenoxy) is 1. The van der Waals surface area contributed by atoms with Gasteiger partial charge in [0.25, 0.3) is 0 Å². The van der Waals surface area contributed by atoms with E-state index < -0.39 is 0 Å². The van der Waals surface area contributed by atoms with Crippen molar-refractivity contribution in [3.05, 3.63) is 70.8 Å². The van der Waals surface area contributed by atoms with Gasteiger partial charge in [0, 0.05) is 0 Å². The van der Waals surface area contributed by atoms with Crippen molar-refractivity contribution in [1.29, 1.82) is 5.26 Å². The summed E-state index contributed by atoms with van der Waals surface area (Å²) in [4.78, 5) is 11.9. The highest BCUT2D eigenvalue weighted by Crippen LogP contribution is 2.22.